The van der Waals surface area contributed by atoms with E-state index in [-0.39, 0.29) is 17.0 Å². The number of amides is 4. The number of carbonyl (C=O) groups is 3. The maximum Gasteiger partial charge on any atom is 0.343 e. The summed E-state index contributed by atoms with van der Waals surface area (Å²) < 4.78 is 5.84. The molecule has 0 N–H and O–H groups in total. The molecule has 188 valence electrons. The first-order valence-electron chi connectivity index (χ1n) is 11.7. The minimum atomic E-state index is -0.793. The topological polar surface area (TPSA) is 114 Å². The number of imide groups is 2. The third-order valence-electron chi connectivity index (χ3n) is 6.16. The van der Waals surface area contributed by atoms with Gasteiger partial charge in [0.2, 0.25) is 0 Å². The third kappa shape index (κ3) is 4.37. The van der Waals surface area contributed by atoms with Crippen molar-refractivity contribution in [1.82, 2.24) is 0 Å². The van der Waals surface area contributed by atoms with E-state index in [0.29, 0.717) is 28.3 Å². The summed E-state index contributed by atoms with van der Waals surface area (Å²) in [6.45, 7) is 3.52. The Labute approximate surface area is 217 Å². The van der Waals surface area contributed by atoms with Crippen LogP contribution in [0.25, 0.3) is 17.4 Å². The van der Waals surface area contributed by atoms with Crippen LogP contribution in [-0.2, 0) is 9.59 Å². The molecular weight excluding hydrogens is 486 g/mol. The molecule has 9 heteroatoms. The number of nitrogens with zero attached hydrogens (tertiary/aromatic N) is 3. The lowest BCUT2D eigenvalue weighted by Crippen LogP contribution is -2.57. The van der Waals surface area contributed by atoms with Crippen LogP contribution in [0.15, 0.2) is 94.9 Å². The smallest absolute Gasteiger partial charge is 0.343 e. The Morgan fingerprint density at radius 3 is 2.05 bits per heavy atom. The van der Waals surface area contributed by atoms with Crippen molar-refractivity contribution in [2.24, 2.45) is 0 Å². The van der Waals surface area contributed by atoms with E-state index in [2.05, 4.69) is 0 Å². The fourth-order valence-corrected chi connectivity index (χ4v) is 4.14. The van der Waals surface area contributed by atoms with Crippen molar-refractivity contribution in [3.63, 3.8) is 0 Å². The van der Waals surface area contributed by atoms with Crippen molar-refractivity contribution >= 4 is 41.0 Å². The molecule has 0 atom stereocenters. The quantitative estimate of drug-likeness (QED) is 0.140. The van der Waals surface area contributed by atoms with Crippen LogP contribution in [0.5, 0.6) is 0 Å². The summed E-state index contributed by atoms with van der Waals surface area (Å²) in [4.78, 5) is 53.2. The van der Waals surface area contributed by atoms with E-state index in [0.717, 1.165) is 15.4 Å². The summed E-state index contributed by atoms with van der Waals surface area (Å²) in [5.41, 5.74) is 2.22. The molecule has 5 rings (SSSR count). The van der Waals surface area contributed by atoms with Gasteiger partial charge in [0, 0.05) is 17.2 Å². The van der Waals surface area contributed by atoms with E-state index >= 15 is 0 Å². The molecule has 1 saturated heterocycles. The summed E-state index contributed by atoms with van der Waals surface area (Å²) in [6.07, 6.45) is 1.28. The molecule has 4 amide bonds. The van der Waals surface area contributed by atoms with Crippen LogP contribution in [0.2, 0.25) is 0 Å². The second-order valence-electron chi connectivity index (χ2n) is 8.75. The van der Waals surface area contributed by atoms with Crippen LogP contribution < -0.4 is 9.80 Å². The zero-order valence-electron chi connectivity index (χ0n) is 20.5. The first-order valence-corrected chi connectivity index (χ1v) is 11.7. The lowest BCUT2D eigenvalue weighted by molar-refractivity contribution is -0.385. The highest BCUT2D eigenvalue weighted by atomic mass is 16.6. The molecule has 2 heterocycles. The maximum atomic E-state index is 13.5. The zero-order valence-corrected chi connectivity index (χ0v) is 20.5. The van der Waals surface area contributed by atoms with E-state index in [1.165, 1.54) is 12.1 Å². The summed E-state index contributed by atoms with van der Waals surface area (Å²) in [6, 6.07) is 22.2. The van der Waals surface area contributed by atoms with Crippen LogP contribution in [0.3, 0.4) is 0 Å². The van der Waals surface area contributed by atoms with Crippen LogP contribution in [0.4, 0.5) is 21.9 Å². The second kappa shape index (κ2) is 9.62. The Hall–Kier alpha value is -5.31. The molecule has 1 aromatic heterocycles. The van der Waals surface area contributed by atoms with Crippen LogP contribution >= 0.6 is 0 Å². The number of anilines is 2. The van der Waals surface area contributed by atoms with E-state index in [1.807, 2.05) is 6.92 Å². The largest absolute Gasteiger partial charge is 0.457 e. The van der Waals surface area contributed by atoms with E-state index in [4.69, 9.17) is 4.42 Å². The molecule has 1 aliphatic rings. The van der Waals surface area contributed by atoms with Gasteiger partial charge >= 0.3 is 6.03 Å². The Morgan fingerprint density at radius 1 is 0.789 bits per heavy atom. The van der Waals surface area contributed by atoms with Crippen LogP contribution in [0, 0.1) is 24.0 Å². The molecule has 0 bridgehead atoms. The van der Waals surface area contributed by atoms with E-state index < -0.39 is 22.8 Å². The van der Waals surface area contributed by atoms with Gasteiger partial charge in [-0.15, -0.1) is 0 Å². The average molecular weight is 508 g/mol. The number of rotatable bonds is 5. The van der Waals surface area contributed by atoms with Crippen molar-refractivity contribution in [3.05, 3.63) is 118 Å². The van der Waals surface area contributed by atoms with Crippen LogP contribution in [0.1, 0.15) is 16.9 Å². The van der Waals surface area contributed by atoms with Gasteiger partial charge in [-0.2, -0.15) is 0 Å². The van der Waals surface area contributed by atoms with Crippen LogP contribution in [-0.4, -0.2) is 22.8 Å². The average Bonchev–Trinajstić information content (AvgIpc) is 3.37. The minimum Gasteiger partial charge on any atom is -0.457 e. The Bertz CT molecular complexity index is 1620. The number of hydrogen-bond donors (Lipinski definition) is 0. The number of hydrogen-bond acceptors (Lipinski definition) is 6. The summed E-state index contributed by atoms with van der Waals surface area (Å²) >= 11 is 0. The maximum absolute atomic E-state index is 13.5. The molecule has 9 nitrogen and oxygen atoms in total. The van der Waals surface area contributed by atoms with Crippen molar-refractivity contribution in [1.29, 1.82) is 0 Å². The number of urea groups is 1. The summed E-state index contributed by atoms with van der Waals surface area (Å²) in [5.74, 6) is -1.09. The summed E-state index contributed by atoms with van der Waals surface area (Å²) in [5, 5.41) is 11.3. The lowest BCUT2D eigenvalue weighted by atomic mass is 10.1. The predicted molar refractivity (Wildman–Crippen MR) is 142 cm³/mol. The molecule has 1 fully saturated rings. The molecule has 0 radical (unpaired) electrons. The summed E-state index contributed by atoms with van der Waals surface area (Å²) in [7, 11) is 0. The molecule has 0 spiro atoms. The number of aryl methyl sites for hydroxylation is 2. The van der Waals surface area contributed by atoms with Gasteiger partial charge in [0.1, 0.15) is 17.1 Å². The zero-order chi connectivity index (χ0) is 27.0. The molecule has 0 unspecified atom stereocenters. The predicted octanol–water partition coefficient (Wildman–Crippen LogP) is 6.06. The molecule has 3 aromatic carbocycles. The number of carbonyl (C=O) groups excluding carboxylic acids is 3. The van der Waals surface area contributed by atoms with E-state index in [1.54, 1.807) is 85.8 Å². The number of para-hydroxylation sites is 1. The standard InChI is InChI=1S/C29H21N3O6/c1-18-8-12-22(13-9-18)31-28(34)24(27(33)30(29(31)35)21-6-4-3-5-7-21)17-23-14-15-26(38-23)20-11-10-19(2)25(16-20)32(36)37/h3-17H,1-2H3/b24-17+. The van der Waals surface area contributed by atoms with Crippen molar-refractivity contribution in [2.75, 3.05) is 9.80 Å². The van der Waals surface area contributed by atoms with Crippen molar-refractivity contribution in [3.8, 4) is 11.3 Å². The van der Waals surface area contributed by atoms with Gasteiger partial charge in [0.05, 0.1) is 16.3 Å². The molecule has 1 aliphatic heterocycles. The normalized spacial score (nSPS) is 14.9. The fourth-order valence-electron chi connectivity index (χ4n) is 4.14. The van der Waals surface area contributed by atoms with Gasteiger partial charge in [-0.05, 0) is 56.3 Å². The first-order chi connectivity index (χ1) is 18.2. The van der Waals surface area contributed by atoms with Gasteiger partial charge in [-0.1, -0.05) is 48.0 Å². The van der Waals surface area contributed by atoms with Crippen molar-refractivity contribution < 1.29 is 23.7 Å². The number of barbiturate groups is 1. The molecule has 0 aliphatic carbocycles. The lowest BCUT2D eigenvalue weighted by Gasteiger charge is -2.33. The van der Waals surface area contributed by atoms with Gasteiger partial charge in [-0.3, -0.25) is 19.7 Å². The Kier molecular flexibility index (Phi) is 6.18. The van der Waals surface area contributed by atoms with E-state index in [9.17, 15) is 24.5 Å². The monoisotopic (exact) mass is 507 g/mol. The highest BCUT2D eigenvalue weighted by molar-refractivity contribution is 6.46. The molecule has 0 saturated carbocycles. The SMILES string of the molecule is Cc1ccc(N2C(=O)/C(=C/c3ccc(-c4ccc(C)c([N+](=O)[O-])c4)o3)C(=O)N(c3ccccc3)C2=O)cc1. The van der Waals surface area contributed by atoms with Gasteiger partial charge in [-0.25, -0.2) is 14.6 Å². The van der Waals surface area contributed by atoms with Gasteiger partial charge < -0.3 is 4.42 Å². The first kappa shape index (κ1) is 24.4. The fraction of sp³-hybridized carbons (Fsp3) is 0.0690. The molecule has 4 aromatic rings. The number of benzene rings is 3. The van der Waals surface area contributed by atoms with Gasteiger partial charge in [0.25, 0.3) is 17.5 Å². The number of furan rings is 1. The molecule has 38 heavy (non-hydrogen) atoms. The Balaban J connectivity index is 1.58. The molecular formula is C29H21N3O6. The number of nitro groups is 1. The Morgan fingerprint density at radius 2 is 1.42 bits per heavy atom. The minimum absolute atomic E-state index is 0.0535. The number of nitro benzene ring substituents is 1. The third-order valence-corrected chi connectivity index (χ3v) is 6.16. The second-order valence-corrected chi connectivity index (χ2v) is 8.75. The highest BCUT2D eigenvalue weighted by Gasteiger charge is 2.43. The highest BCUT2D eigenvalue weighted by Crippen LogP contribution is 2.32. The van der Waals surface area contributed by atoms with Crippen molar-refractivity contribution in [2.45, 2.75) is 13.8 Å². The van der Waals surface area contributed by atoms with Gasteiger partial charge in [0.15, 0.2) is 0 Å².